The lowest BCUT2D eigenvalue weighted by Crippen LogP contribution is -2.09. The molecule has 1 aromatic carbocycles. The van der Waals surface area contributed by atoms with Gasteiger partial charge in [0.25, 0.3) is 0 Å². The van der Waals surface area contributed by atoms with E-state index < -0.39 is 0 Å². The van der Waals surface area contributed by atoms with E-state index >= 15 is 0 Å². The molecule has 1 nitrogen and oxygen atoms in total. The second-order valence-electron chi connectivity index (χ2n) is 3.75. The molecule has 0 aliphatic carbocycles. The van der Waals surface area contributed by atoms with Gasteiger partial charge in [-0.2, -0.15) is 0 Å². The molecule has 0 radical (unpaired) electrons. The molecule has 0 aliphatic rings. The number of aliphatic hydroxyl groups excluding tert-OH is 1. The second-order valence-corrected chi connectivity index (χ2v) is 4.13. The largest absolute Gasteiger partial charge is 0.396 e. The molecule has 0 aliphatic heterocycles. The molecule has 0 aromatic heterocycles. The van der Waals surface area contributed by atoms with Crippen molar-refractivity contribution in [2.24, 2.45) is 5.92 Å². The second kappa shape index (κ2) is 6.09. The quantitative estimate of drug-likeness (QED) is 0.822. The third kappa shape index (κ3) is 3.47. The predicted molar refractivity (Wildman–Crippen MR) is 60.6 cm³/mol. The van der Waals surface area contributed by atoms with Crippen molar-refractivity contribution in [2.75, 3.05) is 6.61 Å². The van der Waals surface area contributed by atoms with Gasteiger partial charge < -0.3 is 5.11 Å². The van der Waals surface area contributed by atoms with E-state index in [4.69, 9.17) is 16.7 Å². The zero-order valence-corrected chi connectivity index (χ0v) is 9.60. The smallest absolute Gasteiger partial charge is 0.142 e. The molecule has 0 amide bonds. The molecular weight excluding hydrogens is 215 g/mol. The van der Waals surface area contributed by atoms with Crippen molar-refractivity contribution in [2.45, 2.75) is 26.2 Å². The average molecular weight is 231 g/mol. The first-order chi connectivity index (χ1) is 7.19. The Kier molecular flexibility index (Phi) is 5.06. The Balaban J connectivity index is 2.74. The van der Waals surface area contributed by atoms with Crippen LogP contribution in [0.25, 0.3) is 0 Å². The van der Waals surface area contributed by atoms with Crippen LogP contribution in [0, 0.1) is 11.7 Å². The highest BCUT2D eigenvalue weighted by Crippen LogP contribution is 2.23. The van der Waals surface area contributed by atoms with Crippen molar-refractivity contribution in [3.63, 3.8) is 0 Å². The highest BCUT2D eigenvalue weighted by Gasteiger charge is 2.11. The molecule has 1 unspecified atom stereocenters. The first-order valence-corrected chi connectivity index (χ1v) is 5.60. The van der Waals surface area contributed by atoms with Crippen LogP contribution in [0.4, 0.5) is 4.39 Å². The molecule has 3 heteroatoms. The van der Waals surface area contributed by atoms with E-state index in [9.17, 15) is 4.39 Å². The highest BCUT2D eigenvalue weighted by atomic mass is 35.5. The van der Waals surface area contributed by atoms with Crippen LogP contribution in [0.1, 0.15) is 25.3 Å². The Bertz CT molecular complexity index is 314. The standard InChI is InChI=1S/C12H16ClFO/c1-2-4-9(8-15)7-10-5-3-6-11(14)12(10)13/h3,5-6,9,15H,2,4,7-8H2,1H3. The fourth-order valence-corrected chi connectivity index (χ4v) is 1.89. The molecule has 0 saturated heterocycles. The summed E-state index contributed by atoms with van der Waals surface area (Å²) in [6.07, 6.45) is 2.59. The Hall–Kier alpha value is -0.600. The summed E-state index contributed by atoms with van der Waals surface area (Å²) >= 11 is 5.84. The maximum absolute atomic E-state index is 13.1. The minimum Gasteiger partial charge on any atom is -0.396 e. The van der Waals surface area contributed by atoms with Gasteiger partial charge in [0.2, 0.25) is 0 Å². The van der Waals surface area contributed by atoms with Crippen molar-refractivity contribution in [3.8, 4) is 0 Å². The van der Waals surface area contributed by atoms with Crippen molar-refractivity contribution in [3.05, 3.63) is 34.6 Å². The van der Waals surface area contributed by atoms with Gasteiger partial charge in [0.15, 0.2) is 0 Å². The molecule has 1 rings (SSSR count). The number of hydrogen-bond acceptors (Lipinski definition) is 1. The van der Waals surface area contributed by atoms with Crippen molar-refractivity contribution >= 4 is 11.6 Å². The molecule has 0 saturated carbocycles. The van der Waals surface area contributed by atoms with E-state index in [0.717, 1.165) is 18.4 Å². The molecule has 0 bridgehead atoms. The van der Waals surface area contributed by atoms with E-state index in [1.807, 2.05) is 6.07 Å². The van der Waals surface area contributed by atoms with Crippen LogP contribution >= 0.6 is 11.6 Å². The molecule has 1 atom stereocenters. The first-order valence-electron chi connectivity index (χ1n) is 5.22. The van der Waals surface area contributed by atoms with Gasteiger partial charge in [-0.1, -0.05) is 37.1 Å². The van der Waals surface area contributed by atoms with E-state index in [-0.39, 0.29) is 23.4 Å². The van der Waals surface area contributed by atoms with E-state index in [0.29, 0.717) is 6.42 Å². The lowest BCUT2D eigenvalue weighted by Gasteiger charge is -2.14. The van der Waals surface area contributed by atoms with Gasteiger partial charge in [-0.05, 0) is 30.4 Å². The summed E-state index contributed by atoms with van der Waals surface area (Å²) in [5, 5.41) is 9.33. The fourth-order valence-electron chi connectivity index (χ4n) is 1.68. The molecule has 0 spiro atoms. The maximum atomic E-state index is 13.1. The van der Waals surface area contributed by atoms with Crippen molar-refractivity contribution in [1.82, 2.24) is 0 Å². The molecule has 0 fully saturated rings. The average Bonchev–Trinajstić information content (AvgIpc) is 2.24. The maximum Gasteiger partial charge on any atom is 0.142 e. The molecule has 0 heterocycles. The minimum atomic E-state index is -0.387. The predicted octanol–water partition coefficient (Wildman–Crippen LogP) is 3.43. The van der Waals surface area contributed by atoms with E-state index in [2.05, 4.69) is 6.92 Å². The zero-order valence-electron chi connectivity index (χ0n) is 8.84. The Labute approximate surface area is 94.9 Å². The van der Waals surface area contributed by atoms with Crippen LogP contribution < -0.4 is 0 Å². The zero-order chi connectivity index (χ0) is 11.3. The number of halogens is 2. The number of hydrogen-bond donors (Lipinski definition) is 1. The van der Waals surface area contributed by atoms with Gasteiger partial charge in [-0.15, -0.1) is 0 Å². The lowest BCUT2D eigenvalue weighted by molar-refractivity contribution is 0.217. The third-order valence-electron chi connectivity index (χ3n) is 2.50. The molecule has 84 valence electrons. The van der Waals surface area contributed by atoms with E-state index in [1.54, 1.807) is 6.07 Å². The highest BCUT2D eigenvalue weighted by molar-refractivity contribution is 6.31. The van der Waals surface area contributed by atoms with Crippen LogP contribution in [-0.4, -0.2) is 11.7 Å². The van der Waals surface area contributed by atoms with E-state index in [1.165, 1.54) is 6.07 Å². The van der Waals surface area contributed by atoms with Gasteiger partial charge in [0.05, 0.1) is 5.02 Å². The molecule has 15 heavy (non-hydrogen) atoms. The van der Waals surface area contributed by atoms with Crippen LogP contribution in [0.2, 0.25) is 5.02 Å². The van der Waals surface area contributed by atoms with Gasteiger partial charge in [-0.25, -0.2) is 4.39 Å². The number of rotatable bonds is 5. The minimum absolute atomic E-state index is 0.126. The van der Waals surface area contributed by atoms with Gasteiger partial charge in [-0.3, -0.25) is 0 Å². The SMILES string of the molecule is CCCC(CO)Cc1cccc(F)c1Cl. The third-order valence-corrected chi connectivity index (χ3v) is 2.92. The Morgan fingerprint density at radius 3 is 2.80 bits per heavy atom. The van der Waals surface area contributed by atoms with Crippen LogP contribution in [-0.2, 0) is 6.42 Å². The van der Waals surface area contributed by atoms with Gasteiger partial charge >= 0.3 is 0 Å². The summed E-state index contributed by atoms with van der Waals surface area (Å²) in [6, 6.07) is 4.81. The summed E-state index contributed by atoms with van der Waals surface area (Å²) in [7, 11) is 0. The fraction of sp³-hybridized carbons (Fsp3) is 0.500. The monoisotopic (exact) mass is 230 g/mol. The van der Waals surface area contributed by atoms with Gasteiger partial charge in [0, 0.05) is 6.61 Å². The van der Waals surface area contributed by atoms with Crippen LogP contribution in [0.5, 0.6) is 0 Å². The lowest BCUT2D eigenvalue weighted by atomic mass is 9.96. The summed E-state index contributed by atoms with van der Waals surface area (Å²) in [5.74, 6) is -0.211. The number of aliphatic hydroxyl groups is 1. The summed E-state index contributed by atoms with van der Waals surface area (Å²) in [4.78, 5) is 0. The number of benzene rings is 1. The molecule has 1 N–H and O–H groups in total. The van der Waals surface area contributed by atoms with Crippen LogP contribution in [0.3, 0.4) is 0 Å². The summed E-state index contributed by atoms with van der Waals surface area (Å²) in [5.41, 5.74) is 0.782. The van der Waals surface area contributed by atoms with Crippen molar-refractivity contribution < 1.29 is 9.50 Å². The summed E-state index contributed by atoms with van der Waals surface area (Å²) < 4.78 is 13.1. The molecule has 1 aromatic rings. The van der Waals surface area contributed by atoms with Gasteiger partial charge in [0.1, 0.15) is 5.82 Å². The topological polar surface area (TPSA) is 20.2 Å². The Morgan fingerprint density at radius 2 is 2.20 bits per heavy atom. The van der Waals surface area contributed by atoms with Crippen molar-refractivity contribution in [1.29, 1.82) is 0 Å². The normalized spacial score (nSPS) is 12.8. The first kappa shape index (κ1) is 12.5. The Morgan fingerprint density at radius 1 is 1.47 bits per heavy atom. The molecular formula is C12H16ClFO. The van der Waals surface area contributed by atoms with Crippen LogP contribution in [0.15, 0.2) is 18.2 Å². The summed E-state index contributed by atoms with van der Waals surface area (Å²) in [6.45, 7) is 2.19.